The fourth-order valence-corrected chi connectivity index (χ4v) is 1.93. The van der Waals surface area contributed by atoms with Gasteiger partial charge in [0.15, 0.2) is 11.5 Å². The topological polar surface area (TPSA) is 18.5 Å². The Morgan fingerprint density at radius 1 is 0.895 bits per heavy atom. The molecule has 3 heteroatoms. The first-order valence-electron chi connectivity index (χ1n) is 6.40. The summed E-state index contributed by atoms with van der Waals surface area (Å²) in [5.74, 6) is 1.17. The molecule has 0 heterocycles. The van der Waals surface area contributed by atoms with Crippen LogP contribution in [0.25, 0.3) is 11.1 Å². The lowest BCUT2D eigenvalue weighted by molar-refractivity contribution is 0.289. The highest BCUT2D eigenvalue weighted by molar-refractivity contribution is 5.73. The summed E-state index contributed by atoms with van der Waals surface area (Å²) in [5, 5.41) is 0. The molecule has 0 fully saturated rings. The normalized spacial score (nSPS) is 10.3. The van der Waals surface area contributed by atoms with Gasteiger partial charge in [0.1, 0.15) is 5.82 Å². The highest BCUT2D eigenvalue weighted by Crippen LogP contribution is 2.38. The van der Waals surface area contributed by atoms with Gasteiger partial charge in [0.05, 0.1) is 13.2 Å². The second kappa shape index (κ2) is 6.23. The Morgan fingerprint density at radius 2 is 1.58 bits per heavy atom. The molecule has 2 nitrogen and oxygen atoms in total. The van der Waals surface area contributed by atoms with Crippen LogP contribution in [0.1, 0.15) is 13.8 Å². The van der Waals surface area contributed by atoms with E-state index < -0.39 is 0 Å². The van der Waals surface area contributed by atoms with Crippen LogP contribution in [0.15, 0.2) is 42.5 Å². The van der Waals surface area contributed by atoms with Gasteiger partial charge in [-0.05, 0) is 37.6 Å². The van der Waals surface area contributed by atoms with E-state index in [2.05, 4.69) is 0 Å². The smallest absolute Gasteiger partial charge is 0.168 e. The molecule has 0 aliphatic heterocycles. The number of halogens is 1. The Balaban J connectivity index is 2.48. The fourth-order valence-electron chi connectivity index (χ4n) is 1.93. The van der Waals surface area contributed by atoms with Gasteiger partial charge < -0.3 is 9.47 Å². The Labute approximate surface area is 112 Å². The van der Waals surface area contributed by atoms with Crippen molar-refractivity contribution in [3.8, 4) is 22.6 Å². The van der Waals surface area contributed by atoms with Gasteiger partial charge in [-0.1, -0.05) is 24.3 Å². The minimum atomic E-state index is -0.248. The zero-order valence-corrected chi connectivity index (χ0v) is 11.2. The van der Waals surface area contributed by atoms with Crippen LogP contribution in [0.2, 0.25) is 0 Å². The number of rotatable bonds is 5. The van der Waals surface area contributed by atoms with Crippen molar-refractivity contribution in [3.05, 3.63) is 48.3 Å². The summed E-state index contributed by atoms with van der Waals surface area (Å²) in [7, 11) is 0. The van der Waals surface area contributed by atoms with Crippen molar-refractivity contribution < 1.29 is 13.9 Å². The van der Waals surface area contributed by atoms with Crippen molar-refractivity contribution in [3.63, 3.8) is 0 Å². The molecule has 0 bridgehead atoms. The van der Waals surface area contributed by atoms with Gasteiger partial charge in [-0.2, -0.15) is 0 Å². The minimum Gasteiger partial charge on any atom is -0.490 e. The minimum absolute atomic E-state index is 0.248. The van der Waals surface area contributed by atoms with E-state index in [1.165, 1.54) is 12.1 Å². The van der Waals surface area contributed by atoms with Crippen molar-refractivity contribution in [2.45, 2.75) is 13.8 Å². The van der Waals surface area contributed by atoms with Crippen LogP contribution in [0.5, 0.6) is 11.5 Å². The fraction of sp³-hybridized carbons (Fsp3) is 0.250. The summed E-state index contributed by atoms with van der Waals surface area (Å²) in [6.45, 7) is 4.99. The third-order valence-electron chi connectivity index (χ3n) is 2.72. The van der Waals surface area contributed by atoms with E-state index in [1.54, 1.807) is 12.1 Å². The second-order valence-electron chi connectivity index (χ2n) is 4.01. The molecule has 2 aromatic carbocycles. The number of hydrogen-bond acceptors (Lipinski definition) is 2. The van der Waals surface area contributed by atoms with E-state index in [9.17, 15) is 4.39 Å². The Morgan fingerprint density at radius 3 is 2.21 bits per heavy atom. The largest absolute Gasteiger partial charge is 0.490 e. The van der Waals surface area contributed by atoms with Gasteiger partial charge in [0.25, 0.3) is 0 Å². The molecule has 19 heavy (non-hydrogen) atoms. The second-order valence-corrected chi connectivity index (χ2v) is 4.01. The molecule has 100 valence electrons. The van der Waals surface area contributed by atoms with Gasteiger partial charge in [-0.15, -0.1) is 0 Å². The van der Waals surface area contributed by atoms with Gasteiger partial charge in [-0.25, -0.2) is 4.39 Å². The Bertz CT molecular complexity index is 535. The first kappa shape index (κ1) is 13.4. The Kier molecular flexibility index (Phi) is 4.39. The Hall–Kier alpha value is -2.03. The van der Waals surface area contributed by atoms with Crippen molar-refractivity contribution in [2.24, 2.45) is 0 Å². The summed E-state index contributed by atoms with van der Waals surface area (Å²) in [6, 6.07) is 12.1. The zero-order chi connectivity index (χ0) is 13.7. The van der Waals surface area contributed by atoms with E-state index in [4.69, 9.17) is 9.47 Å². The van der Waals surface area contributed by atoms with Gasteiger partial charge >= 0.3 is 0 Å². The van der Waals surface area contributed by atoms with Crippen LogP contribution < -0.4 is 9.47 Å². The van der Waals surface area contributed by atoms with Crippen LogP contribution in [-0.2, 0) is 0 Å². The number of benzene rings is 2. The van der Waals surface area contributed by atoms with Crippen LogP contribution in [0, 0.1) is 5.82 Å². The highest BCUT2D eigenvalue weighted by Gasteiger charge is 2.12. The summed E-state index contributed by atoms with van der Waals surface area (Å²) >= 11 is 0. The first-order chi connectivity index (χ1) is 9.26. The lowest BCUT2D eigenvalue weighted by Crippen LogP contribution is -2.00. The molecular formula is C16H17FO2. The number of hydrogen-bond donors (Lipinski definition) is 0. The highest BCUT2D eigenvalue weighted by atomic mass is 19.1. The molecule has 0 spiro atoms. The predicted molar refractivity (Wildman–Crippen MR) is 74.2 cm³/mol. The molecule has 0 saturated heterocycles. The molecule has 0 aliphatic rings. The van der Waals surface area contributed by atoms with Crippen molar-refractivity contribution in [1.29, 1.82) is 0 Å². The van der Waals surface area contributed by atoms with Crippen LogP contribution >= 0.6 is 0 Å². The van der Waals surface area contributed by atoms with Crippen LogP contribution in [0.4, 0.5) is 4.39 Å². The predicted octanol–water partition coefficient (Wildman–Crippen LogP) is 4.29. The van der Waals surface area contributed by atoms with E-state index in [-0.39, 0.29) is 5.82 Å². The lowest BCUT2D eigenvalue weighted by Gasteiger charge is -2.15. The number of ether oxygens (including phenoxy) is 2. The molecule has 2 aromatic rings. The third kappa shape index (κ3) is 3.05. The molecule has 2 rings (SSSR count). The first-order valence-corrected chi connectivity index (χ1v) is 6.40. The average molecular weight is 260 g/mol. The molecule has 0 N–H and O–H groups in total. The maximum absolute atomic E-state index is 13.0. The molecule has 0 aromatic heterocycles. The van der Waals surface area contributed by atoms with Crippen molar-refractivity contribution in [1.82, 2.24) is 0 Å². The summed E-state index contributed by atoms with van der Waals surface area (Å²) in [4.78, 5) is 0. The SMILES string of the molecule is CCOc1cccc(-c2ccc(F)cc2)c1OCC. The van der Waals surface area contributed by atoms with Gasteiger partial charge in [-0.3, -0.25) is 0 Å². The maximum atomic E-state index is 13.0. The van der Waals surface area contributed by atoms with Crippen molar-refractivity contribution >= 4 is 0 Å². The molecule has 0 atom stereocenters. The summed E-state index contributed by atoms with van der Waals surface area (Å²) in [5.41, 5.74) is 1.82. The summed E-state index contributed by atoms with van der Waals surface area (Å²) < 4.78 is 24.3. The lowest BCUT2D eigenvalue weighted by atomic mass is 10.0. The third-order valence-corrected chi connectivity index (χ3v) is 2.72. The monoisotopic (exact) mass is 260 g/mol. The zero-order valence-electron chi connectivity index (χ0n) is 11.2. The molecule has 0 saturated carbocycles. The molecule has 0 unspecified atom stereocenters. The van der Waals surface area contributed by atoms with Crippen LogP contribution in [-0.4, -0.2) is 13.2 Å². The van der Waals surface area contributed by atoms with E-state index >= 15 is 0 Å². The van der Waals surface area contributed by atoms with E-state index in [0.29, 0.717) is 24.7 Å². The quantitative estimate of drug-likeness (QED) is 0.798. The van der Waals surface area contributed by atoms with E-state index in [0.717, 1.165) is 11.1 Å². The maximum Gasteiger partial charge on any atom is 0.168 e. The van der Waals surface area contributed by atoms with Gasteiger partial charge in [0.2, 0.25) is 0 Å². The van der Waals surface area contributed by atoms with E-state index in [1.807, 2.05) is 32.0 Å². The molecule has 0 amide bonds. The standard InChI is InChI=1S/C16H17FO2/c1-3-18-15-7-5-6-14(16(15)19-4-2)12-8-10-13(17)11-9-12/h5-11H,3-4H2,1-2H3. The molecule has 0 aliphatic carbocycles. The van der Waals surface area contributed by atoms with Gasteiger partial charge in [0, 0.05) is 5.56 Å². The molecule has 0 radical (unpaired) electrons. The van der Waals surface area contributed by atoms with Crippen molar-refractivity contribution in [2.75, 3.05) is 13.2 Å². The summed E-state index contributed by atoms with van der Waals surface area (Å²) in [6.07, 6.45) is 0. The average Bonchev–Trinajstić information content (AvgIpc) is 2.42. The number of para-hydroxylation sites is 1. The molecular weight excluding hydrogens is 243 g/mol. The van der Waals surface area contributed by atoms with Crippen LogP contribution in [0.3, 0.4) is 0 Å².